The zero-order valence-corrected chi connectivity index (χ0v) is 14.6. The summed E-state index contributed by atoms with van der Waals surface area (Å²) in [6.45, 7) is 1.52. The summed E-state index contributed by atoms with van der Waals surface area (Å²) in [7, 11) is 0. The smallest absolute Gasteiger partial charge is 0.289 e. The van der Waals surface area contributed by atoms with E-state index in [1.807, 2.05) is 30.3 Å². The van der Waals surface area contributed by atoms with Crippen molar-refractivity contribution in [2.45, 2.75) is 18.6 Å². The van der Waals surface area contributed by atoms with Crippen LogP contribution in [0, 0.1) is 0 Å². The fourth-order valence-corrected chi connectivity index (χ4v) is 3.26. The minimum atomic E-state index is -3.23. The maximum absolute atomic E-state index is 14.5. The van der Waals surface area contributed by atoms with E-state index in [0.29, 0.717) is 44.1 Å². The molecule has 1 atom stereocenters. The normalized spacial score (nSPS) is 17.0. The first-order valence-corrected chi connectivity index (χ1v) is 8.80. The van der Waals surface area contributed by atoms with Crippen LogP contribution in [0.25, 0.3) is 0 Å². The number of aliphatic hydroxyl groups excluding tert-OH is 1. The van der Waals surface area contributed by atoms with E-state index in [4.69, 9.17) is 4.74 Å². The van der Waals surface area contributed by atoms with Crippen molar-refractivity contribution < 1.29 is 18.6 Å². The molecule has 140 valence electrons. The first kappa shape index (κ1) is 18.8. The number of piperazine rings is 1. The second-order valence-electron chi connectivity index (χ2n) is 6.45. The standard InChI is InChI=1S/C20H24F2N2O2/c21-20(22,15-25)19(24-11-9-23-10-12-24)17-7-4-8-18(13-17)26-14-16-5-2-1-3-6-16/h1-8,13,19,23,25H,9-12,14-15H2/t19-/m0/s1. The lowest BCUT2D eigenvalue weighted by molar-refractivity contribution is -0.118. The molecule has 1 fully saturated rings. The van der Waals surface area contributed by atoms with Crippen LogP contribution in [0.5, 0.6) is 5.75 Å². The molecule has 3 rings (SSSR count). The molecule has 0 saturated carbocycles. The Morgan fingerprint density at radius 1 is 1.08 bits per heavy atom. The SMILES string of the molecule is OCC(F)(F)[C@H](c1cccc(OCc2ccccc2)c1)N1CCNCC1. The number of nitrogens with zero attached hydrogens (tertiary/aromatic N) is 1. The van der Waals surface area contributed by atoms with Crippen molar-refractivity contribution in [2.24, 2.45) is 0 Å². The summed E-state index contributed by atoms with van der Waals surface area (Å²) in [5, 5.41) is 12.4. The van der Waals surface area contributed by atoms with Gasteiger partial charge in [-0.3, -0.25) is 4.90 Å². The average Bonchev–Trinajstić information content (AvgIpc) is 2.68. The Morgan fingerprint density at radius 2 is 1.81 bits per heavy atom. The summed E-state index contributed by atoms with van der Waals surface area (Å²) in [5.74, 6) is -2.68. The van der Waals surface area contributed by atoms with Crippen molar-refractivity contribution in [3.05, 3.63) is 65.7 Å². The summed E-state index contributed by atoms with van der Waals surface area (Å²) in [6, 6.07) is 15.3. The highest BCUT2D eigenvalue weighted by Crippen LogP contribution is 2.37. The molecule has 1 heterocycles. The summed E-state index contributed by atoms with van der Waals surface area (Å²) in [6.07, 6.45) is 0. The number of hydrogen-bond donors (Lipinski definition) is 2. The van der Waals surface area contributed by atoms with Gasteiger partial charge in [-0.1, -0.05) is 42.5 Å². The Bertz CT molecular complexity index is 691. The van der Waals surface area contributed by atoms with E-state index in [0.717, 1.165) is 5.56 Å². The predicted molar refractivity (Wildman–Crippen MR) is 96.4 cm³/mol. The van der Waals surface area contributed by atoms with Crippen LogP contribution in [0.2, 0.25) is 0 Å². The van der Waals surface area contributed by atoms with Gasteiger partial charge in [0.25, 0.3) is 5.92 Å². The maximum atomic E-state index is 14.5. The number of alkyl halides is 2. The second kappa shape index (κ2) is 8.58. The largest absolute Gasteiger partial charge is 0.489 e. The van der Waals surface area contributed by atoms with Crippen molar-refractivity contribution in [2.75, 3.05) is 32.8 Å². The Balaban J connectivity index is 1.80. The molecule has 0 spiro atoms. The molecule has 0 aromatic heterocycles. The van der Waals surface area contributed by atoms with Crippen molar-refractivity contribution in [3.63, 3.8) is 0 Å². The second-order valence-corrected chi connectivity index (χ2v) is 6.45. The number of aliphatic hydroxyl groups is 1. The predicted octanol–water partition coefficient (Wildman–Crippen LogP) is 2.84. The third kappa shape index (κ3) is 4.58. The van der Waals surface area contributed by atoms with Gasteiger partial charge >= 0.3 is 0 Å². The van der Waals surface area contributed by atoms with Crippen LogP contribution in [-0.2, 0) is 6.61 Å². The number of rotatable bonds is 7. The van der Waals surface area contributed by atoms with Crippen LogP contribution < -0.4 is 10.1 Å². The number of benzene rings is 2. The Kier molecular flexibility index (Phi) is 6.19. The first-order valence-electron chi connectivity index (χ1n) is 8.80. The van der Waals surface area contributed by atoms with Crippen LogP contribution in [0.1, 0.15) is 17.2 Å². The Labute approximate surface area is 152 Å². The third-order valence-corrected chi connectivity index (χ3v) is 4.55. The van der Waals surface area contributed by atoms with E-state index in [1.165, 1.54) is 0 Å². The molecule has 0 aliphatic carbocycles. The van der Waals surface area contributed by atoms with Gasteiger partial charge in [0.1, 0.15) is 25.0 Å². The lowest BCUT2D eigenvalue weighted by Gasteiger charge is -2.38. The molecular formula is C20H24F2N2O2. The molecule has 1 aliphatic heterocycles. The zero-order chi connectivity index (χ0) is 18.4. The van der Waals surface area contributed by atoms with Gasteiger partial charge in [-0.15, -0.1) is 0 Å². The molecule has 4 nitrogen and oxygen atoms in total. The molecule has 1 aliphatic rings. The first-order chi connectivity index (χ1) is 12.6. The van der Waals surface area contributed by atoms with E-state index >= 15 is 0 Å². The zero-order valence-electron chi connectivity index (χ0n) is 14.6. The van der Waals surface area contributed by atoms with E-state index in [9.17, 15) is 13.9 Å². The van der Waals surface area contributed by atoms with Gasteiger partial charge in [-0.2, -0.15) is 0 Å². The van der Waals surface area contributed by atoms with Crippen LogP contribution in [0.15, 0.2) is 54.6 Å². The molecule has 26 heavy (non-hydrogen) atoms. The van der Waals surface area contributed by atoms with Crippen LogP contribution in [0.3, 0.4) is 0 Å². The van der Waals surface area contributed by atoms with Crippen molar-refractivity contribution >= 4 is 0 Å². The monoisotopic (exact) mass is 362 g/mol. The fourth-order valence-electron chi connectivity index (χ4n) is 3.26. The highest BCUT2D eigenvalue weighted by molar-refractivity contribution is 5.32. The maximum Gasteiger partial charge on any atom is 0.289 e. The van der Waals surface area contributed by atoms with Crippen LogP contribution in [0.4, 0.5) is 8.78 Å². The number of nitrogens with one attached hydrogen (secondary N) is 1. The van der Waals surface area contributed by atoms with Gasteiger partial charge in [0, 0.05) is 26.2 Å². The van der Waals surface area contributed by atoms with Gasteiger partial charge in [0.15, 0.2) is 0 Å². The van der Waals surface area contributed by atoms with E-state index in [1.54, 1.807) is 29.2 Å². The third-order valence-electron chi connectivity index (χ3n) is 4.55. The van der Waals surface area contributed by atoms with Crippen molar-refractivity contribution in [3.8, 4) is 5.75 Å². The molecule has 0 radical (unpaired) electrons. The molecule has 2 aromatic rings. The van der Waals surface area contributed by atoms with Gasteiger partial charge in [0.2, 0.25) is 0 Å². The minimum absolute atomic E-state index is 0.374. The van der Waals surface area contributed by atoms with Gasteiger partial charge in [-0.05, 0) is 23.3 Å². The molecule has 0 bridgehead atoms. The van der Waals surface area contributed by atoms with Crippen LogP contribution >= 0.6 is 0 Å². The van der Waals surface area contributed by atoms with Gasteiger partial charge in [0.05, 0.1) is 0 Å². The number of halogens is 2. The fraction of sp³-hybridized carbons (Fsp3) is 0.400. The van der Waals surface area contributed by atoms with E-state index in [-0.39, 0.29) is 0 Å². The van der Waals surface area contributed by atoms with Crippen LogP contribution in [-0.4, -0.2) is 48.7 Å². The molecule has 6 heteroatoms. The summed E-state index contributed by atoms with van der Waals surface area (Å²) < 4.78 is 34.8. The Morgan fingerprint density at radius 3 is 2.50 bits per heavy atom. The average molecular weight is 362 g/mol. The number of ether oxygens (including phenoxy) is 1. The lowest BCUT2D eigenvalue weighted by Crippen LogP contribution is -2.51. The summed E-state index contributed by atoms with van der Waals surface area (Å²) in [5.41, 5.74) is 1.47. The summed E-state index contributed by atoms with van der Waals surface area (Å²) in [4.78, 5) is 1.73. The highest BCUT2D eigenvalue weighted by Gasteiger charge is 2.44. The van der Waals surface area contributed by atoms with E-state index in [2.05, 4.69) is 5.32 Å². The Hall–Kier alpha value is -2.02. The minimum Gasteiger partial charge on any atom is -0.489 e. The molecule has 0 unspecified atom stereocenters. The van der Waals surface area contributed by atoms with E-state index < -0.39 is 18.6 Å². The quantitative estimate of drug-likeness (QED) is 0.795. The van der Waals surface area contributed by atoms with Crippen molar-refractivity contribution in [1.29, 1.82) is 0 Å². The lowest BCUT2D eigenvalue weighted by atomic mass is 9.98. The van der Waals surface area contributed by atoms with Gasteiger partial charge < -0.3 is 15.2 Å². The molecule has 0 amide bonds. The number of hydrogen-bond acceptors (Lipinski definition) is 4. The summed E-state index contributed by atoms with van der Waals surface area (Å²) >= 11 is 0. The highest BCUT2D eigenvalue weighted by atomic mass is 19.3. The molecular weight excluding hydrogens is 338 g/mol. The topological polar surface area (TPSA) is 44.7 Å². The molecule has 2 aromatic carbocycles. The van der Waals surface area contributed by atoms with Crippen molar-refractivity contribution in [1.82, 2.24) is 10.2 Å². The molecule has 1 saturated heterocycles. The molecule has 2 N–H and O–H groups in total. The van der Waals surface area contributed by atoms with Gasteiger partial charge in [-0.25, -0.2) is 8.78 Å².